The largest absolute Gasteiger partial charge is 0.493 e. The van der Waals surface area contributed by atoms with E-state index in [1.54, 1.807) is 12.1 Å². The fraction of sp³-hybridized carbons (Fsp3) is 0.435. The van der Waals surface area contributed by atoms with Crippen LogP contribution in [0.2, 0.25) is 0 Å². The van der Waals surface area contributed by atoms with Gasteiger partial charge >= 0.3 is 5.97 Å². The number of aryl methyl sites for hydroxylation is 1. The molecule has 1 atom stereocenters. The van der Waals surface area contributed by atoms with Crippen LogP contribution in [0, 0.1) is 11.7 Å². The number of benzene rings is 2. The number of unbranched alkanes of at least 4 members (excludes halogenated alkanes) is 2. The summed E-state index contributed by atoms with van der Waals surface area (Å²) in [4.78, 5) is 11.0. The van der Waals surface area contributed by atoms with Gasteiger partial charge in [0.25, 0.3) is 0 Å². The fourth-order valence-electron chi connectivity index (χ4n) is 3.09. The lowest BCUT2D eigenvalue weighted by atomic mass is 9.98. The van der Waals surface area contributed by atoms with Crippen LogP contribution in [0.4, 0.5) is 4.39 Å². The van der Waals surface area contributed by atoms with Crippen molar-refractivity contribution in [3.8, 4) is 5.75 Å². The third-order valence-corrected chi connectivity index (χ3v) is 4.86. The first-order chi connectivity index (χ1) is 13.1. The van der Waals surface area contributed by atoms with E-state index in [2.05, 4.69) is 12.1 Å². The van der Waals surface area contributed by atoms with Crippen molar-refractivity contribution in [2.24, 2.45) is 5.92 Å². The van der Waals surface area contributed by atoms with Crippen molar-refractivity contribution < 1.29 is 19.0 Å². The molecule has 0 bridgehead atoms. The van der Waals surface area contributed by atoms with Gasteiger partial charge in [0.15, 0.2) is 0 Å². The van der Waals surface area contributed by atoms with E-state index in [1.807, 2.05) is 19.1 Å². The molecule has 1 N–H and O–H groups in total. The molecule has 2 aromatic carbocycles. The van der Waals surface area contributed by atoms with E-state index in [1.165, 1.54) is 17.7 Å². The Kier molecular flexibility index (Phi) is 8.82. The molecule has 1 unspecified atom stereocenters. The molecule has 2 aromatic rings. The quantitative estimate of drug-likeness (QED) is 0.489. The zero-order valence-corrected chi connectivity index (χ0v) is 16.0. The standard InChI is InChI=1S/C23H29FO3/c1-2-20(23(25)26)7-5-3-4-6-18-10-14-22(15-11-18)27-17-16-19-8-12-21(24)13-9-19/h8-15,20H,2-7,16-17H2,1H3,(H,25,26). The Morgan fingerprint density at radius 3 is 2.22 bits per heavy atom. The number of ether oxygens (including phenoxy) is 1. The average Bonchev–Trinajstić information content (AvgIpc) is 2.67. The smallest absolute Gasteiger partial charge is 0.306 e. The highest BCUT2D eigenvalue weighted by Gasteiger charge is 2.13. The van der Waals surface area contributed by atoms with Crippen LogP contribution < -0.4 is 4.74 Å². The van der Waals surface area contributed by atoms with Crippen LogP contribution in [-0.4, -0.2) is 17.7 Å². The van der Waals surface area contributed by atoms with E-state index >= 15 is 0 Å². The topological polar surface area (TPSA) is 46.5 Å². The molecule has 3 nitrogen and oxygen atoms in total. The second-order valence-corrected chi connectivity index (χ2v) is 6.91. The van der Waals surface area contributed by atoms with Crippen LogP contribution in [0.15, 0.2) is 48.5 Å². The number of carboxylic acids is 1. The molecule has 0 fully saturated rings. The predicted molar refractivity (Wildman–Crippen MR) is 106 cm³/mol. The van der Waals surface area contributed by atoms with E-state index in [0.29, 0.717) is 13.0 Å². The molecule has 0 radical (unpaired) electrons. The Labute approximate surface area is 161 Å². The molecule has 2 rings (SSSR count). The van der Waals surface area contributed by atoms with Gasteiger partial charge < -0.3 is 9.84 Å². The van der Waals surface area contributed by atoms with Gasteiger partial charge in [-0.2, -0.15) is 0 Å². The summed E-state index contributed by atoms with van der Waals surface area (Å²) in [5.74, 6) is -0.251. The third kappa shape index (κ3) is 7.81. The highest BCUT2D eigenvalue weighted by Crippen LogP contribution is 2.17. The normalized spacial score (nSPS) is 11.9. The molecule has 27 heavy (non-hydrogen) atoms. The SMILES string of the molecule is CCC(CCCCCc1ccc(OCCc2ccc(F)cc2)cc1)C(=O)O. The highest BCUT2D eigenvalue weighted by molar-refractivity contribution is 5.69. The van der Waals surface area contributed by atoms with Gasteiger partial charge in [-0.3, -0.25) is 4.79 Å². The molecule has 0 aliphatic carbocycles. The van der Waals surface area contributed by atoms with Gasteiger partial charge in [-0.15, -0.1) is 0 Å². The van der Waals surface area contributed by atoms with Crippen molar-refractivity contribution in [1.82, 2.24) is 0 Å². The summed E-state index contributed by atoms with van der Waals surface area (Å²) >= 11 is 0. The number of hydrogen-bond acceptors (Lipinski definition) is 2. The summed E-state index contributed by atoms with van der Waals surface area (Å²) in [6.45, 7) is 2.50. The molecule has 0 saturated heterocycles. The maximum atomic E-state index is 12.9. The first kappa shape index (κ1) is 20.9. The molecule has 4 heteroatoms. The van der Waals surface area contributed by atoms with E-state index in [0.717, 1.165) is 49.8 Å². The van der Waals surface area contributed by atoms with E-state index in [4.69, 9.17) is 9.84 Å². The Morgan fingerprint density at radius 1 is 0.963 bits per heavy atom. The van der Waals surface area contributed by atoms with Crippen molar-refractivity contribution in [1.29, 1.82) is 0 Å². The first-order valence-corrected chi connectivity index (χ1v) is 9.77. The van der Waals surface area contributed by atoms with Gasteiger partial charge in [-0.25, -0.2) is 4.39 Å². The maximum Gasteiger partial charge on any atom is 0.306 e. The summed E-state index contributed by atoms with van der Waals surface area (Å²) in [5, 5.41) is 9.04. The summed E-state index contributed by atoms with van der Waals surface area (Å²) in [6, 6.07) is 14.6. The van der Waals surface area contributed by atoms with Crippen LogP contribution in [0.3, 0.4) is 0 Å². The van der Waals surface area contributed by atoms with E-state index in [9.17, 15) is 9.18 Å². The number of aliphatic carboxylic acids is 1. The zero-order valence-electron chi connectivity index (χ0n) is 16.0. The molecule has 0 saturated carbocycles. The second kappa shape index (κ2) is 11.4. The summed E-state index contributed by atoms with van der Waals surface area (Å²) in [7, 11) is 0. The van der Waals surface area contributed by atoms with Gasteiger partial charge in [0.2, 0.25) is 0 Å². The average molecular weight is 372 g/mol. The van der Waals surface area contributed by atoms with Crippen molar-refractivity contribution in [3.63, 3.8) is 0 Å². The second-order valence-electron chi connectivity index (χ2n) is 6.91. The Morgan fingerprint density at radius 2 is 1.59 bits per heavy atom. The lowest BCUT2D eigenvalue weighted by molar-refractivity contribution is -0.142. The Bertz CT molecular complexity index is 680. The van der Waals surface area contributed by atoms with Crippen LogP contribution in [0.25, 0.3) is 0 Å². The zero-order chi connectivity index (χ0) is 19.5. The Hall–Kier alpha value is -2.36. The number of hydrogen-bond donors (Lipinski definition) is 1. The van der Waals surface area contributed by atoms with Gasteiger partial charge in [-0.05, 0) is 61.1 Å². The molecule has 0 aliphatic rings. The Balaban J connectivity index is 1.63. The summed E-state index contributed by atoms with van der Waals surface area (Å²) < 4.78 is 18.6. The minimum absolute atomic E-state index is 0.198. The predicted octanol–water partition coefficient (Wildman–Crippen LogP) is 5.66. The lowest BCUT2D eigenvalue weighted by Gasteiger charge is -2.09. The van der Waals surface area contributed by atoms with Crippen LogP contribution in [0.5, 0.6) is 5.75 Å². The van der Waals surface area contributed by atoms with Gasteiger partial charge in [0.05, 0.1) is 12.5 Å². The van der Waals surface area contributed by atoms with Crippen molar-refractivity contribution in [3.05, 3.63) is 65.5 Å². The van der Waals surface area contributed by atoms with Gasteiger partial charge in [0, 0.05) is 6.42 Å². The van der Waals surface area contributed by atoms with E-state index < -0.39 is 5.97 Å². The van der Waals surface area contributed by atoms with Crippen molar-refractivity contribution in [2.75, 3.05) is 6.61 Å². The summed E-state index contributed by atoms with van der Waals surface area (Å²) in [5.41, 5.74) is 2.33. The number of rotatable bonds is 12. The molecule has 146 valence electrons. The van der Waals surface area contributed by atoms with Crippen molar-refractivity contribution in [2.45, 2.75) is 51.9 Å². The van der Waals surface area contributed by atoms with Crippen molar-refractivity contribution >= 4 is 5.97 Å². The van der Waals surface area contributed by atoms with Crippen LogP contribution >= 0.6 is 0 Å². The maximum absolute atomic E-state index is 12.9. The molecule has 0 aromatic heterocycles. The van der Waals surface area contributed by atoms with Gasteiger partial charge in [-0.1, -0.05) is 44.0 Å². The number of carbonyl (C=O) groups is 1. The number of carboxylic acid groups (broad SMARTS) is 1. The lowest BCUT2D eigenvalue weighted by Crippen LogP contribution is -2.12. The highest BCUT2D eigenvalue weighted by atomic mass is 19.1. The minimum Gasteiger partial charge on any atom is -0.493 e. The third-order valence-electron chi connectivity index (χ3n) is 4.86. The first-order valence-electron chi connectivity index (χ1n) is 9.77. The molecule has 0 aliphatic heterocycles. The molecular weight excluding hydrogens is 343 g/mol. The monoisotopic (exact) mass is 372 g/mol. The molecule has 0 spiro atoms. The molecular formula is C23H29FO3. The van der Waals surface area contributed by atoms with Crippen LogP contribution in [-0.2, 0) is 17.6 Å². The molecule has 0 heterocycles. The number of halogens is 1. The molecule has 0 amide bonds. The minimum atomic E-state index is -0.674. The van der Waals surface area contributed by atoms with E-state index in [-0.39, 0.29) is 11.7 Å². The fourth-order valence-corrected chi connectivity index (χ4v) is 3.09. The van der Waals surface area contributed by atoms with Gasteiger partial charge in [0.1, 0.15) is 11.6 Å². The van der Waals surface area contributed by atoms with Crippen LogP contribution in [0.1, 0.15) is 50.2 Å². The summed E-state index contributed by atoms with van der Waals surface area (Å²) in [6.07, 6.45) is 6.32.